The molecule has 0 aromatic heterocycles. The first-order valence-corrected chi connectivity index (χ1v) is 9.58. The summed E-state index contributed by atoms with van der Waals surface area (Å²) in [6.45, 7) is -0.502. The molecule has 0 unspecified atom stereocenters. The van der Waals surface area contributed by atoms with Gasteiger partial charge in [0, 0.05) is 10.0 Å². The number of benzene rings is 2. The summed E-state index contributed by atoms with van der Waals surface area (Å²) in [5, 5.41) is 8.20. The number of hydrogen-bond donors (Lipinski definition) is 1. The van der Waals surface area contributed by atoms with Crippen LogP contribution in [0.3, 0.4) is 0 Å². The molecule has 3 rings (SSSR count). The molecule has 2 amide bonds. The second-order valence-corrected chi connectivity index (χ2v) is 7.67. The van der Waals surface area contributed by atoms with Gasteiger partial charge in [-0.3, -0.25) is 19.3 Å². The Morgan fingerprint density at radius 2 is 1.93 bits per heavy atom. The maximum Gasteiger partial charge on any atom is 0.323 e. The molecule has 28 heavy (non-hydrogen) atoms. The highest BCUT2D eigenvalue weighted by atomic mass is 79.9. The molecular weight excluding hydrogens is 453 g/mol. The van der Waals surface area contributed by atoms with Gasteiger partial charge in [0.25, 0.3) is 11.1 Å². The molecule has 0 aliphatic carbocycles. The third-order valence-electron chi connectivity index (χ3n) is 3.73. The highest BCUT2D eigenvalue weighted by Crippen LogP contribution is 2.35. The molecule has 1 saturated heterocycles. The Labute approximate surface area is 172 Å². The largest absolute Gasteiger partial charge is 0.488 e. The number of carboxylic acids is 1. The Balaban J connectivity index is 1.83. The maximum absolute atomic E-state index is 13.0. The number of aliphatic carboxylic acids is 1. The molecule has 0 spiro atoms. The van der Waals surface area contributed by atoms with Crippen molar-refractivity contribution >= 4 is 50.9 Å². The number of hydrogen-bond acceptors (Lipinski definition) is 5. The molecule has 0 radical (unpaired) electrons. The Kier molecular flexibility index (Phi) is 6.15. The quantitative estimate of drug-likeness (QED) is 0.640. The van der Waals surface area contributed by atoms with Crippen LogP contribution in [0.5, 0.6) is 5.75 Å². The van der Waals surface area contributed by atoms with E-state index in [2.05, 4.69) is 15.9 Å². The van der Waals surface area contributed by atoms with E-state index in [0.29, 0.717) is 28.0 Å². The number of carboxylic acid groups (broad SMARTS) is 1. The van der Waals surface area contributed by atoms with Gasteiger partial charge in [0.1, 0.15) is 24.7 Å². The van der Waals surface area contributed by atoms with Gasteiger partial charge in [-0.15, -0.1) is 0 Å². The zero-order valence-corrected chi connectivity index (χ0v) is 16.6. The lowest BCUT2D eigenvalue weighted by Crippen LogP contribution is -2.33. The smallest absolute Gasteiger partial charge is 0.323 e. The van der Waals surface area contributed by atoms with Crippen LogP contribution in [0.1, 0.15) is 11.1 Å². The van der Waals surface area contributed by atoms with Crippen molar-refractivity contribution in [2.45, 2.75) is 6.61 Å². The van der Waals surface area contributed by atoms with E-state index in [9.17, 15) is 18.8 Å². The fourth-order valence-electron chi connectivity index (χ4n) is 2.42. The molecule has 1 fully saturated rings. The predicted octanol–water partition coefficient (Wildman–Crippen LogP) is 4.29. The molecule has 9 heteroatoms. The Bertz CT molecular complexity index is 977. The number of halogens is 2. The maximum atomic E-state index is 13.0. The van der Waals surface area contributed by atoms with Crippen LogP contribution in [-0.4, -0.2) is 33.7 Å². The Hall–Kier alpha value is -2.65. The van der Waals surface area contributed by atoms with Crippen LogP contribution in [0.2, 0.25) is 0 Å². The molecule has 0 bridgehead atoms. The highest BCUT2D eigenvalue weighted by Gasteiger charge is 2.36. The summed E-state index contributed by atoms with van der Waals surface area (Å²) >= 11 is 4.02. The predicted molar refractivity (Wildman–Crippen MR) is 105 cm³/mol. The lowest BCUT2D eigenvalue weighted by Gasteiger charge is -2.11. The summed E-state index contributed by atoms with van der Waals surface area (Å²) < 4.78 is 19.5. The van der Waals surface area contributed by atoms with Crippen LogP contribution in [0, 0.1) is 5.82 Å². The van der Waals surface area contributed by atoms with E-state index in [1.54, 1.807) is 30.3 Å². The van der Waals surface area contributed by atoms with Crippen LogP contribution < -0.4 is 4.74 Å². The summed E-state index contributed by atoms with van der Waals surface area (Å²) in [6, 6.07) is 11.0. The summed E-state index contributed by atoms with van der Waals surface area (Å²) in [5.41, 5.74) is 1.30. The third-order valence-corrected chi connectivity index (χ3v) is 5.13. The first-order chi connectivity index (χ1) is 13.3. The van der Waals surface area contributed by atoms with Crippen molar-refractivity contribution in [1.29, 1.82) is 0 Å². The summed E-state index contributed by atoms with van der Waals surface area (Å²) in [4.78, 5) is 35.8. The molecule has 0 atom stereocenters. The average molecular weight is 466 g/mol. The molecule has 2 aromatic rings. The number of nitrogens with zero attached hydrogens (tertiary/aromatic N) is 1. The van der Waals surface area contributed by atoms with E-state index in [0.717, 1.165) is 10.0 Å². The van der Waals surface area contributed by atoms with Crippen molar-refractivity contribution in [2.75, 3.05) is 6.54 Å². The zero-order chi connectivity index (χ0) is 20.3. The van der Waals surface area contributed by atoms with E-state index < -0.39 is 23.7 Å². The minimum Gasteiger partial charge on any atom is -0.488 e. The topological polar surface area (TPSA) is 83.9 Å². The number of amides is 2. The van der Waals surface area contributed by atoms with E-state index in [4.69, 9.17) is 9.84 Å². The minimum absolute atomic E-state index is 0.107. The molecule has 1 N–H and O–H groups in total. The van der Waals surface area contributed by atoms with Gasteiger partial charge in [-0.05, 0) is 53.7 Å². The van der Waals surface area contributed by atoms with E-state index >= 15 is 0 Å². The van der Waals surface area contributed by atoms with Gasteiger partial charge in [-0.1, -0.05) is 28.1 Å². The van der Waals surface area contributed by atoms with Gasteiger partial charge in [0.05, 0.1) is 4.91 Å². The van der Waals surface area contributed by atoms with Gasteiger partial charge in [-0.25, -0.2) is 4.39 Å². The summed E-state index contributed by atoms with van der Waals surface area (Å²) in [5.74, 6) is -1.82. The van der Waals surface area contributed by atoms with Crippen molar-refractivity contribution in [2.24, 2.45) is 0 Å². The number of rotatable bonds is 6. The van der Waals surface area contributed by atoms with Crippen molar-refractivity contribution < 1.29 is 28.6 Å². The van der Waals surface area contributed by atoms with E-state index in [1.807, 2.05) is 0 Å². The first-order valence-electron chi connectivity index (χ1n) is 7.97. The third kappa shape index (κ3) is 4.79. The molecule has 144 valence electrons. The van der Waals surface area contributed by atoms with Crippen LogP contribution in [0.25, 0.3) is 6.08 Å². The second kappa shape index (κ2) is 8.57. The second-order valence-electron chi connectivity index (χ2n) is 5.76. The standard InChI is InChI=1S/C19H13BrFNO5S/c20-13-3-6-15(27-10-11-1-4-14(21)5-2-11)12(7-13)8-16-18(25)22(9-17(23)24)19(26)28-16/h1-8H,9-10H2,(H,23,24)/b16-8+. The fraction of sp³-hybridized carbons (Fsp3) is 0.105. The monoisotopic (exact) mass is 465 g/mol. The Morgan fingerprint density at radius 3 is 2.61 bits per heavy atom. The summed E-state index contributed by atoms with van der Waals surface area (Å²) in [7, 11) is 0. The summed E-state index contributed by atoms with van der Waals surface area (Å²) in [6.07, 6.45) is 1.48. The molecule has 2 aromatic carbocycles. The van der Waals surface area contributed by atoms with Gasteiger partial charge in [0.2, 0.25) is 0 Å². The SMILES string of the molecule is O=C(O)CN1C(=O)S/C(=C/c2cc(Br)ccc2OCc2ccc(F)cc2)C1=O. The molecule has 1 aliphatic rings. The lowest BCUT2D eigenvalue weighted by atomic mass is 10.1. The van der Waals surface area contributed by atoms with Gasteiger partial charge in [0.15, 0.2) is 0 Å². The number of carbonyl (C=O) groups excluding carboxylic acids is 2. The highest BCUT2D eigenvalue weighted by molar-refractivity contribution is 9.10. The minimum atomic E-state index is -1.27. The zero-order valence-electron chi connectivity index (χ0n) is 14.2. The lowest BCUT2D eigenvalue weighted by molar-refractivity contribution is -0.140. The molecule has 1 heterocycles. The number of imide groups is 1. The average Bonchev–Trinajstić information content (AvgIpc) is 2.89. The van der Waals surface area contributed by atoms with Crippen molar-refractivity contribution in [3.63, 3.8) is 0 Å². The van der Waals surface area contributed by atoms with Crippen LogP contribution >= 0.6 is 27.7 Å². The molecular formula is C19H13BrFNO5S. The number of ether oxygens (including phenoxy) is 1. The van der Waals surface area contributed by atoms with Gasteiger partial charge in [-0.2, -0.15) is 0 Å². The fourth-order valence-corrected chi connectivity index (χ4v) is 3.63. The first kappa shape index (κ1) is 20.1. The normalized spacial score (nSPS) is 15.4. The van der Waals surface area contributed by atoms with E-state index in [1.165, 1.54) is 18.2 Å². The van der Waals surface area contributed by atoms with Crippen molar-refractivity contribution in [3.05, 3.63) is 68.8 Å². The number of carbonyl (C=O) groups is 3. The van der Waals surface area contributed by atoms with Crippen molar-refractivity contribution in [1.82, 2.24) is 4.90 Å². The van der Waals surface area contributed by atoms with Crippen molar-refractivity contribution in [3.8, 4) is 5.75 Å². The van der Waals surface area contributed by atoms with Gasteiger partial charge >= 0.3 is 5.97 Å². The van der Waals surface area contributed by atoms with Crippen LogP contribution in [0.4, 0.5) is 9.18 Å². The molecule has 1 aliphatic heterocycles. The van der Waals surface area contributed by atoms with Crippen LogP contribution in [-0.2, 0) is 16.2 Å². The van der Waals surface area contributed by atoms with Crippen LogP contribution in [0.15, 0.2) is 51.8 Å². The molecule has 6 nitrogen and oxygen atoms in total. The van der Waals surface area contributed by atoms with Gasteiger partial charge < -0.3 is 9.84 Å². The number of thioether (sulfide) groups is 1. The van der Waals surface area contributed by atoms with E-state index in [-0.39, 0.29) is 17.3 Å². The Morgan fingerprint density at radius 1 is 1.21 bits per heavy atom. The molecule has 0 saturated carbocycles.